The molecule has 1 aliphatic carbocycles. The first-order chi connectivity index (χ1) is 14.7. The summed E-state index contributed by atoms with van der Waals surface area (Å²) < 4.78 is 8.35. The molecule has 0 aliphatic heterocycles. The Labute approximate surface area is 179 Å². The molecular formula is C24H26N3O4+. The van der Waals surface area contributed by atoms with Gasteiger partial charge >= 0.3 is 5.69 Å². The van der Waals surface area contributed by atoms with E-state index in [1.165, 1.54) is 11.6 Å². The predicted octanol–water partition coefficient (Wildman–Crippen LogP) is 2.44. The first kappa shape index (κ1) is 20.8. The molecule has 0 atom stereocenters. The molecule has 0 spiro atoms. The highest BCUT2D eigenvalue weighted by Crippen LogP contribution is 2.41. The number of hydrogen-bond donors (Lipinski definition) is 0. The third-order valence-electron chi connectivity index (χ3n) is 5.82. The Morgan fingerprint density at radius 2 is 1.81 bits per heavy atom. The number of nitrogens with one attached hydrogen (secondary N) is 1. The summed E-state index contributed by atoms with van der Waals surface area (Å²) in [5, 5.41) is 0.297. The standard InChI is InChI=1S/C24H25N3O4/c1-6-11-31-17-10-8-7-9-14(17)18-19-15(12-24(2,3)13-16(19)28)25-21-20(18)22(29)27(5)23(30)26(21)4/h6-10H,1,11-13H2,2-5H3/p+1. The van der Waals surface area contributed by atoms with E-state index in [-0.39, 0.29) is 17.8 Å². The molecule has 3 aromatic rings. The highest BCUT2D eigenvalue weighted by Gasteiger charge is 2.38. The van der Waals surface area contributed by atoms with Crippen LogP contribution >= 0.6 is 0 Å². The molecule has 0 bridgehead atoms. The van der Waals surface area contributed by atoms with Crippen LogP contribution in [0.1, 0.15) is 36.3 Å². The third kappa shape index (κ3) is 3.30. The topological polar surface area (TPSA) is 84.4 Å². The number of nitrogens with zero attached hydrogens (tertiary/aromatic N) is 2. The second kappa shape index (κ2) is 7.34. The number of aromatic nitrogens is 3. The minimum atomic E-state index is -0.455. The zero-order valence-corrected chi connectivity index (χ0v) is 18.2. The predicted molar refractivity (Wildman–Crippen MR) is 119 cm³/mol. The van der Waals surface area contributed by atoms with Gasteiger partial charge in [-0.25, -0.2) is 14.3 Å². The SMILES string of the molecule is C=CCOc1ccccc1-c1c2c([nH+]c3c1c(=O)n(C)c(=O)n3C)CC(C)(C)CC2=O. The number of ketones is 1. The molecule has 4 rings (SSSR count). The maximum atomic E-state index is 13.4. The molecule has 1 aliphatic rings. The minimum absolute atomic E-state index is 0.0335. The summed E-state index contributed by atoms with van der Waals surface area (Å²) in [7, 11) is 3.06. The summed E-state index contributed by atoms with van der Waals surface area (Å²) in [4.78, 5) is 42.5. The maximum absolute atomic E-state index is 13.4. The van der Waals surface area contributed by atoms with Crippen LogP contribution in [0.2, 0.25) is 0 Å². The van der Waals surface area contributed by atoms with Crippen molar-refractivity contribution in [1.29, 1.82) is 0 Å². The van der Waals surface area contributed by atoms with E-state index in [1.54, 1.807) is 19.2 Å². The van der Waals surface area contributed by atoms with Crippen molar-refractivity contribution in [3.05, 3.63) is 69.0 Å². The van der Waals surface area contributed by atoms with Gasteiger partial charge in [0.2, 0.25) is 0 Å². The zero-order chi connectivity index (χ0) is 22.5. The third-order valence-corrected chi connectivity index (χ3v) is 5.82. The molecule has 160 valence electrons. The highest BCUT2D eigenvalue weighted by molar-refractivity contribution is 6.10. The van der Waals surface area contributed by atoms with Gasteiger partial charge in [0.1, 0.15) is 23.4 Å². The summed E-state index contributed by atoms with van der Waals surface area (Å²) >= 11 is 0. The Bertz CT molecular complexity index is 1360. The molecule has 1 aromatic carbocycles. The molecule has 0 fully saturated rings. The number of H-pyrrole nitrogens is 1. The van der Waals surface area contributed by atoms with Gasteiger partial charge in [0.25, 0.3) is 11.2 Å². The van der Waals surface area contributed by atoms with E-state index in [2.05, 4.69) is 11.6 Å². The first-order valence-corrected chi connectivity index (χ1v) is 10.2. The molecule has 0 saturated carbocycles. The second-order valence-electron chi connectivity index (χ2n) is 8.82. The van der Waals surface area contributed by atoms with Gasteiger partial charge in [-0.05, 0) is 11.5 Å². The Kier molecular flexibility index (Phi) is 4.92. The van der Waals surface area contributed by atoms with E-state index < -0.39 is 11.2 Å². The van der Waals surface area contributed by atoms with Crippen molar-refractivity contribution in [3.8, 4) is 16.9 Å². The molecule has 1 N–H and O–H groups in total. The number of carbonyl (C=O) groups is 1. The van der Waals surface area contributed by atoms with Crippen LogP contribution in [0, 0.1) is 5.41 Å². The van der Waals surface area contributed by atoms with Crippen LogP contribution in [0.15, 0.2) is 46.5 Å². The van der Waals surface area contributed by atoms with Crippen molar-refractivity contribution >= 4 is 16.8 Å². The van der Waals surface area contributed by atoms with Gasteiger partial charge < -0.3 is 4.74 Å². The quantitative estimate of drug-likeness (QED) is 0.607. The van der Waals surface area contributed by atoms with Crippen LogP contribution in [-0.4, -0.2) is 21.5 Å². The normalized spacial score (nSPS) is 15.0. The molecule has 0 radical (unpaired) electrons. The number of pyridine rings is 1. The number of Topliss-reactive ketones (excluding diaryl/α,β-unsaturated/α-hetero) is 1. The van der Waals surface area contributed by atoms with Gasteiger partial charge in [0.05, 0.1) is 12.6 Å². The number of carbonyl (C=O) groups excluding carboxylic acids is 1. The maximum Gasteiger partial charge on any atom is 0.417 e. The minimum Gasteiger partial charge on any atom is -0.489 e. The number of para-hydroxylation sites is 1. The average Bonchev–Trinajstić information content (AvgIpc) is 2.72. The number of aromatic amines is 1. The van der Waals surface area contributed by atoms with E-state index in [0.717, 1.165) is 10.3 Å². The van der Waals surface area contributed by atoms with Gasteiger partial charge in [-0.1, -0.05) is 44.7 Å². The van der Waals surface area contributed by atoms with Crippen molar-refractivity contribution in [2.75, 3.05) is 6.61 Å². The summed E-state index contributed by atoms with van der Waals surface area (Å²) in [5.74, 6) is 0.513. The number of ether oxygens (including phenoxy) is 1. The number of fused-ring (bicyclic) bond motifs is 2. The zero-order valence-electron chi connectivity index (χ0n) is 18.2. The van der Waals surface area contributed by atoms with Crippen LogP contribution in [0.5, 0.6) is 5.75 Å². The van der Waals surface area contributed by atoms with Crippen LogP contribution in [0.25, 0.3) is 22.2 Å². The Balaban J connectivity index is 2.23. The molecule has 2 aromatic heterocycles. The number of hydrogen-bond acceptors (Lipinski definition) is 4. The highest BCUT2D eigenvalue weighted by atomic mass is 16.5. The molecule has 7 nitrogen and oxygen atoms in total. The molecule has 0 saturated heterocycles. The second-order valence-corrected chi connectivity index (χ2v) is 8.82. The molecule has 2 heterocycles. The monoisotopic (exact) mass is 420 g/mol. The Morgan fingerprint density at radius 1 is 1.10 bits per heavy atom. The summed E-state index contributed by atoms with van der Waals surface area (Å²) in [5.41, 5.74) is 1.65. The van der Waals surface area contributed by atoms with E-state index in [1.807, 2.05) is 32.0 Å². The number of rotatable bonds is 4. The fraction of sp³-hybridized carbons (Fsp3) is 0.333. The van der Waals surface area contributed by atoms with Gasteiger partial charge in [-0.3, -0.25) is 9.59 Å². The largest absolute Gasteiger partial charge is 0.489 e. The van der Waals surface area contributed by atoms with Crippen LogP contribution < -0.4 is 21.0 Å². The molecular weight excluding hydrogens is 394 g/mol. The lowest BCUT2D eigenvalue weighted by Crippen LogP contribution is -2.42. The fourth-order valence-corrected chi connectivity index (χ4v) is 4.42. The Hall–Kier alpha value is -3.48. The fourth-order valence-electron chi connectivity index (χ4n) is 4.42. The van der Waals surface area contributed by atoms with Gasteiger partial charge in [0, 0.05) is 31.0 Å². The average molecular weight is 420 g/mol. The van der Waals surface area contributed by atoms with E-state index in [0.29, 0.717) is 46.3 Å². The molecule has 7 heteroatoms. The first-order valence-electron chi connectivity index (χ1n) is 10.2. The van der Waals surface area contributed by atoms with E-state index in [4.69, 9.17) is 4.74 Å². The van der Waals surface area contributed by atoms with E-state index in [9.17, 15) is 14.4 Å². The van der Waals surface area contributed by atoms with Crippen molar-refractivity contribution < 1.29 is 14.5 Å². The summed E-state index contributed by atoms with van der Waals surface area (Å²) in [6.07, 6.45) is 2.63. The molecule has 0 unspecified atom stereocenters. The number of aryl methyl sites for hydroxylation is 1. The van der Waals surface area contributed by atoms with Crippen molar-refractivity contribution in [1.82, 2.24) is 9.13 Å². The molecule has 31 heavy (non-hydrogen) atoms. The lowest BCUT2D eigenvalue weighted by atomic mass is 9.73. The van der Waals surface area contributed by atoms with Crippen molar-refractivity contribution in [3.63, 3.8) is 0 Å². The van der Waals surface area contributed by atoms with E-state index >= 15 is 0 Å². The number of benzene rings is 1. The smallest absolute Gasteiger partial charge is 0.417 e. The van der Waals surface area contributed by atoms with Crippen molar-refractivity contribution in [2.45, 2.75) is 26.7 Å². The lowest BCUT2D eigenvalue weighted by molar-refractivity contribution is -0.365. The molecule has 0 amide bonds. The van der Waals surface area contributed by atoms with Crippen molar-refractivity contribution in [2.24, 2.45) is 19.5 Å². The van der Waals surface area contributed by atoms with Crippen LogP contribution in [0.3, 0.4) is 0 Å². The van der Waals surface area contributed by atoms with Gasteiger partial charge in [0.15, 0.2) is 5.78 Å². The summed E-state index contributed by atoms with van der Waals surface area (Å²) in [6.45, 7) is 8.06. The van der Waals surface area contributed by atoms with Crippen LogP contribution in [0.4, 0.5) is 0 Å². The van der Waals surface area contributed by atoms with Gasteiger partial charge in [-0.15, -0.1) is 0 Å². The lowest BCUT2D eigenvalue weighted by Gasteiger charge is -2.30. The summed E-state index contributed by atoms with van der Waals surface area (Å²) in [6, 6.07) is 7.32. The van der Waals surface area contributed by atoms with Gasteiger partial charge in [-0.2, -0.15) is 4.57 Å². The van der Waals surface area contributed by atoms with Crippen LogP contribution in [-0.2, 0) is 20.5 Å². The Morgan fingerprint density at radius 3 is 2.52 bits per heavy atom.